The molecule has 1 aromatic heterocycles. The molecule has 0 saturated carbocycles. The van der Waals surface area contributed by atoms with Crippen LogP contribution in [0.15, 0.2) is 35.1 Å². The quantitative estimate of drug-likeness (QED) is 0.603. The van der Waals surface area contributed by atoms with Gasteiger partial charge in [-0.2, -0.15) is 0 Å². The third kappa shape index (κ3) is 3.57. The number of imidazole rings is 1. The molecule has 0 aliphatic heterocycles. The van der Waals surface area contributed by atoms with Crippen LogP contribution in [0.25, 0.3) is 11.6 Å². The van der Waals surface area contributed by atoms with Crippen LogP contribution in [0.2, 0.25) is 0 Å². The van der Waals surface area contributed by atoms with Crippen LogP contribution in [0.4, 0.5) is 0 Å². The minimum atomic E-state index is -0.399. The van der Waals surface area contributed by atoms with Crippen LogP contribution in [0.1, 0.15) is 18.3 Å². The number of rotatable bonds is 5. The predicted molar refractivity (Wildman–Crippen MR) is 88.4 cm³/mol. The van der Waals surface area contributed by atoms with E-state index < -0.39 is 5.97 Å². The first-order valence-corrected chi connectivity index (χ1v) is 7.56. The summed E-state index contributed by atoms with van der Waals surface area (Å²) >= 11 is 3.44. The fourth-order valence-electron chi connectivity index (χ4n) is 1.99. The Labute approximate surface area is 137 Å². The van der Waals surface area contributed by atoms with Gasteiger partial charge in [-0.15, -0.1) is 0 Å². The van der Waals surface area contributed by atoms with Gasteiger partial charge in [0.05, 0.1) is 18.2 Å². The second-order valence-corrected chi connectivity index (χ2v) is 5.39. The number of aromatic nitrogens is 2. The highest BCUT2D eigenvalue weighted by molar-refractivity contribution is 9.10. The monoisotopic (exact) mass is 364 g/mol. The van der Waals surface area contributed by atoms with Gasteiger partial charge in [-0.3, -0.25) is 0 Å². The van der Waals surface area contributed by atoms with E-state index in [9.17, 15) is 4.79 Å². The minimum Gasteiger partial charge on any atom is -0.496 e. The Bertz CT molecular complexity index is 707. The summed E-state index contributed by atoms with van der Waals surface area (Å²) < 4.78 is 12.9. The zero-order chi connectivity index (χ0) is 16.1. The van der Waals surface area contributed by atoms with E-state index in [1.807, 2.05) is 25.2 Å². The molecule has 1 heterocycles. The fourth-order valence-corrected chi connectivity index (χ4v) is 2.55. The summed E-state index contributed by atoms with van der Waals surface area (Å²) in [7, 11) is 3.44. The second-order valence-electron chi connectivity index (χ2n) is 4.53. The molecule has 0 amide bonds. The Balaban J connectivity index is 2.47. The lowest BCUT2D eigenvalue weighted by molar-refractivity contribution is -0.136. The van der Waals surface area contributed by atoms with E-state index in [2.05, 4.69) is 20.9 Å². The van der Waals surface area contributed by atoms with Crippen molar-refractivity contribution in [1.82, 2.24) is 9.55 Å². The third-order valence-corrected chi connectivity index (χ3v) is 3.66. The highest BCUT2D eigenvalue weighted by Crippen LogP contribution is 2.27. The Morgan fingerprint density at radius 3 is 2.77 bits per heavy atom. The molecule has 0 unspecified atom stereocenters. The van der Waals surface area contributed by atoms with Crippen molar-refractivity contribution in [3.63, 3.8) is 0 Å². The van der Waals surface area contributed by atoms with Gasteiger partial charge in [-0.25, -0.2) is 9.78 Å². The number of hydrogen-bond donors (Lipinski definition) is 0. The minimum absolute atomic E-state index is 0.312. The zero-order valence-electron chi connectivity index (χ0n) is 12.7. The van der Waals surface area contributed by atoms with Crippen molar-refractivity contribution < 1.29 is 14.3 Å². The number of carbonyl (C=O) groups is 1. The van der Waals surface area contributed by atoms with Gasteiger partial charge in [0.2, 0.25) is 0 Å². The number of methoxy groups -OCH3 is 1. The van der Waals surface area contributed by atoms with Gasteiger partial charge in [0, 0.05) is 19.4 Å². The molecule has 22 heavy (non-hydrogen) atoms. The summed E-state index contributed by atoms with van der Waals surface area (Å²) in [6.07, 6.45) is 5.18. The summed E-state index contributed by atoms with van der Waals surface area (Å²) in [5, 5.41) is 0. The number of esters is 1. The van der Waals surface area contributed by atoms with Crippen LogP contribution in [-0.2, 0) is 16.6 Å². The van der Waals surface area contributed by atoms with Crippen LogP contribution >= 0.6 is 15.9 Å². The molecular weight excluding hydrogens is 348 g/mol. The average molecular weight is 365 g/mol. The van der Waals surface area contributed by atoms with Crippen LogP contribution in [0.3, 0.4) is 0 Å². The van der Waals surface area contributed by atoms with Gasteiger partial charge in [0.1, 0.15) is 17.1 Å². The zero-order valence-corrected chi connectivity index (χ0v) is 14.3. The van der Waals surface area contributed by atoms with Crippen LogP contribution in [0, 0.1) is 0 Å². The van der Waals surface area contributed by atoms with E-state index in [4.69, 9.17) is 9.47 Å². The Morgan fingerprint density at radius 2 is 2.23 bits per heavy atom. The van der Waals surface area contributed by atoms with E-state index in [0.29, 0.717) is 18.0 Å². The topological polar surface area (TPSA) is 53.4 Å². The number of aryl methyl sites for hydroxylation is 1. The van der Waals surface area contributed by atoms with Crippen molar-refractivity contribution in [2.45, 2.75) is 6.92 Å². The van der Waals surface area contributed by atoms with E-state index in [-0.39, 0.29) is 0 Å². The molecule has 2 aromatic rings. The molecule has 0 spiro atoms. The predicted octanol–water partition coefficient (Wildman–Crippen LogP) is 3.29. The first-order chi connectivity index (χ1) is 10.6. The Hall–Kier alpha value is -2.08. The summed E-state index contributed by atoms with van der Waals surface area (Å²) in [5.74, 6) is 0.890. The maximum absolute atomic E-state index is 12.2. The van der Waals surface area contributed by atoms with E-state index in [0.717, 1.165) is 15.8 Å². The van der Waals surface area contributed by atoms with Gasteiger partial charge in [0.25, 0.3) is 0 Å². The molecule has 116 valence electrons. The molecule has 0 atom stereocenters. The molecule has 0 N–H and O–H groups in total. The number of nitrogens with zero attached hydrogens (tertiary/aromatic N) is 2. The van der Waals surface area contributed by atoms with Gasteiger partial charge in [-0.05, 0) is 46.6 Å². The first-order valence-electron chi connectivity index (χ1n) is 6.76. The average Bonchev–Trinajstić information content (AvgIpc) is 2.91. The highest BCUT2D eigenvalue weighted by Gasteiger charge is 2.17. The van der Waals surface area contributed by atoms with Gasteiger partial charge >= 0.3 is 5.97 Å². The molecule has 0 fully saturated rings. The number of ether oxygens (including phenoxy) is 2. The lowest BCUT2D eigenvalue weighted by Gasteiger charge is -2.08. The SMILES string of the molecule is CCOC(=O)/C(=C/c1ccc(OC)c(Br)c1)c1nccn1C. The normalized spacial score (nSPS) is 11.4. The maximum Gasteiger partial charge on any atom is 0.341 e. The van der Waals surface area contributed by atoms with Crippen molar-refractivity contribution in [3.05, 3.63) is 46.5 Å². The van der Waals surface area contributed by atoms with Crippen molar-refractivity contribution in [2.24, 2.45) is 7.05 Å². The van der Waals surface area contributed by atoms with Crippen LogP contribution < -0.4 is 4.74 Å². The van der Waals surface area contributed by atoms with Crippen molar-refractivity contribution in [3.8, 4) is 5.75 Å². The van der Waals surface area contributed by atoms with Crippen LogP contribution in [0.5, 0.6) is 5.75 Å². The molecule has 6 heteroatoms. The smallest absolute Gasteiger partial charge is 0.341 e. The molecule has 5 nitrogen and oxygen atoms in total. The van der Waals surface area contributed by atoms with Gasteiger partial charge in [-0.1, -0.05) is 6.07 Å². The van der Waals surface area contributed by atoms with E-state index in [1.165, 1.54) is 0 Å². The standard InChI is InChI=1S/C16H17BrN2O3/c1-4-22-16(20)12(15-18-7-8-19(15)2)9-11-5-6-14(21-3)13(17)10-11/h5-10H,4H2,1-3H3/b12-9+. The van der Waals surface area contributed by atoms with Crippen molar-refractivity contribution in [1.29, 1.82) is 0 Å². The molecule has 0 radical (unpaired) electrons. The highest BCUT2D eigenvalue weighted by atomic mass is 79.9. The van der Waals surface area contributed by atoms with Crippen LogP contribution in [-0.4, -0.2) is 29.2 Å². The Morgan fingerprint density at radius 1 is 1.45 bits per heavy atom. The first kappa shape index (κ1) is 16.3. The number of carbonyl (C=O) groups excluding carboxylic acids is 1. The van der Waals surface area contributed by atoms with Gasteiger partial charge in [0.15, 0.2) is 0 Å². The van der Waals surface area contributed by atoms with Crippen molar-refractivity contribution in [2.75, 3.05) is 13.7 Å². The van der Waals surface area contributed by atoms with Crippen molar-refractivity contribution >= 4 is 33.5 Å². The molecule has 0 bridgehead atoms. The lowest BCUT2D eigenvalue weighted by Crippen LogP contribution is -2.10. The fraction of sp³-hybridized carbons (Fsp3) is 0.250. The van der Waals surface area contributed by atoms with E-state index >= 15 is 0 Å². The Kier molecular flexibility index (Phi) is 5.38. The molecule has 0 saturated heterocycles. The summed E-state index contributed by atoms with van der Waals surface area (Å²) in [6, 6.07) is 5.57. The molecule has 0 aliphatic rings. The third-order valence-electron chi connectivity index (χ3n) is 3.04. The summed E-state index contributed by atoms with van der Waals surface area (Å²) in [5.41, 5.74) is 1.25. The summed E-state index contributed by atoms with van der Waals surface area (Å²) in [6.45, 7) is 2.09. The summed E-state index contributed by atoms with van der Waals surface area (Å²) in [4.78, 5) is 16.5. The molecular formula is C16H17BrN2O3. The number of benzene rings is 1. The largest absolute Gasteiger partial charge is 0.496 e. The molecule has 0 aliphatic carbocycles. The second kappa shape index (κ2) is 7.26. The maximum atomic E-state index is 12.2. The lowest BCUT2D eigenvalue weighted by atomic mass is 10.1. The van der Waals surface area contributed by atoms with E-state index in [1.54, 1.807) is 37.1 Å². The van der Waals surface area contributed by atoms with Gasteiger partial charge < -0.3 is 14.0 Å². The number of halogens is 1. The number of hydrogen-bond acceptors (Lipinski definition) is 4. The molecule has 1 aromatic carbocycles. The molecule has 2 rings (SSSR count).